The van der Waals surface area contributed by atoms with Gasteiger partial charge in [-0.2, -0.15) is 0 Å². The summed E-state index contributed by atoms with van der Waals surface area (Å²) in [6.07, 6.45) is 0.283. The lowest BCUT2D eigenvalue weighted by Crippen LogP contribution is -2.52. The lowest BCUT2D eigenvalue weighted by atomic mass is 9.92. The van der Waals surface area contributed by atoms with Crippen molar-refractivity contribution >= 4 is 29.1 Å². The van der Waals surface area contributed by atoms with Gasteiger partial charge in [-0.05, 0) is 72.1 Å². The molecule has 47 heavy (non-hydrogen) atoms. The highest BCUT2D eigenvalue weighted by molar-refractivity contribution is 7.11. The highest BCUT2D eigenvalue weighted by Crippen LogP contribution is 2.44. The number of halogens is 4. The van der Waals surface area contributed by atoms with Crippen molar-refractivity contribution in [1.29, 1.82) is 0 Å². The fourth-order valence-electron chi connectivity index (χ4n) is 6.52. The predicted molar refractivity (Wildman–Crippen MR) is 170 cm³/mol. The summed E-state index contributed by atoms with van der Waals surface area (Å²) in [5, 5.41) is 5.54. The third-order valence-electron chi connectivity index (χ3n) is 8.52. The zero-order valence-corrected chi connectivity index (χ0v) is 28.4. The first-order chi connectivity index (χ1) is 21.9. The number of rotatable bonds is 9. The second kappa shape index (κ2) is 12.9. The van der Waals surface area contributed by atoms with Crippen molar-refractivity contribution in [2.24, 2.45) is 4.99 Å². The molecule has 256 valence electrons. The number of nitrogens with one attached hydrogen (secondary N) is 1. The van der Waals surface area contributed by atoms with Gasteiger partial charge in [0.25, 0.3) is 5.92 Å². The Labute approximate surface area is 276 Å². The number of ether oxygens (including phenoxy) is 2. The van der Waals surface area contributed by atoms with Crippen LogP contribution in [0.4, 0.5) is 17.6 Å². The molecule has 0 saturated carbocycles. The number of hydrogen-bond donors (Lipinski definition) is 1. The number of nitrogens with zero attached hydrogens (tertiary/aromatic N) is 4. The van der Waals surface area contributed by atoms with Crippen molar-refractivity contribution in [3.05, 3.63) is 62.5 Å². The molecule has 2 saturated heterocycles. The van der Waals surface area contributed by atoms with Crippen LogP contribution in [0.25, 0.3) is 0 Å². The predicted octanol–water partition coefficient (Wildman–Crippen LogP) is 5.27. The molecule has 0 aliphatic carbocycles. The smallest absolute Gasteiger partial charge is 0.345 e. The van der Waals surface area contributed by atoms with Crippen molar-refractivity contribution in [3.63, 3.8) is 0 Å². The van der Waals surface area contributed by atoms with Crippen molar-refractivity contribution in [2.75, 3.05) is 32.8 Å². The Morgan fingerprint density at radius 1 is 1.17 bits per heavy atom. The molecule has 3 aliphatic heterocycles. The summed E-state index contributed by atoms with van der Waals surface area (Å²) in [6.45, 7) is 9.80. The molecule has 2 aromatic rings. The standard InChI is InChI=1S/C33H41F4N5O4S/c1-8-45-29(43)24-22(39-27(28-38-18(2)15-47-28)40-25(24)20-10-9-11-21(34)19(20)3)14-42-17-33(36,37)26-23(42)12-13-41(26)16-32(7,35)30(44)46-31(4,5)6/h9-11,15,23,25-26H,8,12-14,16-17H2,1-7H3,(H,39,40)/t23-,25-,26+,32-/m0/s1. The molecule has 0 spiro atoms. The fraction of sp³-hybridized carbons (Fsp3) is 0.576. The number of alkyl halides is 3. The first-order valence-electron chi connectivity index (χ1n) is 15.6. The van der Waals surface area contributed by atoms with Crippen LogP contribution in [0.5, 0.6) is 0 Å². The zero-order chi connectivity index (χ0) is 34.5. The van der Waals surface area contributed by atoms with Crippen LogP contribution in [0.1, 0.15) is 68.9 Å². The third-order valence-corrected chi connectivity index (χ3v) is 9.49. The lowest BCUT2D eigenvalue weighted by molar-refractivity contribution is -0.170. The molecular weight excluding hydrogens is 638 g/mol. The van der Waals surface area contributed by atoms with Crippen LogP contribution in [-0.2, 0) is 19.1 Å². The molecule has 0 radical (unpaired) electrons. The van der Waals surface area contributed by atoms with E-state index in [-0.39, 0.29) is 43.0 Å². The van der Waals surface area contributed by atoms with E-state index < -0.39 is 66.2 Å². The molecule has 2 fully saturated rings. The number of benzene rings is 1. The van der Waals surface area contributed by atoms with E-state index in [4.69, 9.17) is 14.5 Å². The van der Waals surface area contributed by atoms with Crippen LogP contribution in [0, 0.1) is 19.7 Å². The monoisotopic (exact) mass is 679 g/mol. The van der Waals surface area contributed by atoms with Crippen LogP contribution in [0.2, 0.25) is 0 Å². The Hall–Kier alpha value is -3.36. The van der Waals surface area contributed by atoms with Gasteiger partial charge in [0.15, 0.2) is 10.8 Å². The molecule has 1 aromatic carbocycles. The molecular formula is C33H41F4N5O4S. The van der Waals surface area contributed by atoms with Gasteiger partial charge >= 0.3 is 11.9 Å². The minimum Gasteiger partial charge on any atom is -0.463 e. The average molecular weight is 680 g/mol. The minimum absolute atomic E-state index is 0.0494. The first-order valence-corrected chi connectivity index (χ1v) is 16.5. The van der Waals surface area contributed by atoms with Gasteiger partial charge in [0.05, 0.1) is 24.8 Å². The molecule has 4 atom stereocenters. The Morgan fingerprint density at radius 3 is 2.53 bits per heavy atom. The van der Waals surface area contributed by atoms with Gasteiger partial charge in [-0.25, -0.2) is 32.1 Å². The molecule has 0 unspecified atom stereocenters. The number of aromatic nitrogens is 1. The lowest BCUT2D eigenvalue weighted by Gasteiger charge is -2.33. The second-order valence-electron chi connectivity index (χ2n) is 13.5. The summed E-state index contributed by atoms with van der Waals surface area (Å²) < 4.78 is 72.8. The molecule has 5 rings (SSSR count). The van der Waals surface area contributed by atoms with E-state index in [0.717, 1.165) is 12.6 Å². The van der Waals surface area contributed by atoms with Gasteiger partial charge in [-0.1, -0.05) is 12.1 Å². The van der Waals surface area contributed by atoms with Crippen molar-refractivity contribution in [3.8, 4) is 0 Å². The number of hydrogen-bond acceptors (Lipinski definition) is 10. The van der Waals surface area contributed by atoms with E-state index in [1.807, 2.05) is 12.3 Å². The molecule has 14 heteroatoms. The second-order valence-corrected chi connectivity index (χ2v) is 14.4. The SMILES string of the molecule is CCOC(=O)C1=C(CN2CC(F)(F)[C@H]3[C@@H]2CCN3C[C@](C)(F)C(=O)OC(C)(C)C)NC(c2nc(C)cs2)=N[C@H]1c1cccc(F)c1C. The summed E-state index contributed by atoms with van der Waals surface area (Å²) in [6, 6.07) is 1.43. The quantitative estimate of drug-likeness (QED) is 0.283. The zero-order valence-electron chi connectivity index (χ0n) is 27.6. The number of carbonyl (C=O) groups excluding carboxylic acids is 2. The highest BCUT2D eigenvalue weighted by Gasteiger charge is 2.60. The molecule has 1 aromatic heterocycles. The Morgan fingerprint density at radius 2 is 1.89 bits per heavy atom. The normalized spacial score (nSPS) is 24.4. The van der Waals surface area contributed by atoms with Gasteiger partial charge in [0.1, 0.15) is 17.5 Å². The van der Waals surface area contributed by atoms with E-state index >= 15 is 13.2 Å². The average Bonchev–Trinajstić information content (AvgIpc) is 3.65. The van der Waals surface area contributed by atoms with E-state index in [2.05, 4.69) is 10.3 Å². The van der Waals surface area contributed by atoms with Crippen molar-refractivity contribution < 1.29 is 36.6 Å². The number of carbonyl (C=O) groups is 2. The first kappa shape index (κ1) is 35.0. The summed E-state index contributed by atoms with van der Waals surface area (Å²) in [5.41, 5.74) is -1.62. The number of fused-ring (bicyclic) bond motifs is 1. The Balaban J connectivity index is 1.50. The van der Waals surface area contributed by atoms with Crippen molar-refractivity contribution in [2.45, 2.75) is 90.2 Å². The summed E-state index contributed by atoms with van der Waals surface area (Å²) in [5.74, 6) is -5.23. The molecule has 3 aliphatic rings. The van der Waals surface area contributed by atoms with E-state index in [1.165, 1.54) is 28.4 Å². The van der Waals surface area contributed by atoms with E-state index in [9.17, 15) is 14.0 Å². The number of esters is 2. The minimum atomic E-state index is -3.26. The maximum atomic E-state index is 15.8. The number of likely N-dealkylation sites (tertiary alicyclic amines) is 2. The van der Waals surface area contributed by atoms with E-state index in [0.29, 0.717) is 16.4 Å². The van der Waals surface area contributed by atoms with Gasteiger partial charge < -0.3 is 14.8 Å². The number of aliphatic imine (C=N–C) groups is 1. The summed E-state index contributed by atoms with van der Waals surface area (Å²) in [4.78, 5) is 38.4. The van der Waals surface area contributed by atoms with Crippen molar-refractivity contribution in [1.82, 2.24) is 20.1 Å². The molecule has 4 heterocycles. The molecule has 9 nitrogen and oxygen atoms in total. The van der Waals surface area contributed by atoms with Gasteiger partial charge in [-0.15, -0.1) is 11.3 Å². The number of thiazole rings is 1. The Kier molecular flexibility index (Phi) is 9.61. The topological polar surface area (TPSA) is 96.4 Å². The fourth-order valence-corrected chi connectivity index (χ4v) is 7.27. The summed E-state index contributed by atoms with van der Waals surface area (Å²) in [7, 11) is 0. The van der Waals surface area contributed by atoms with Gasteiger partial charge in [0.2, 0.25) is 5.67 Å². The van der Waals surface area contributed by atoms with Gasteiger partial charge in [0, 0.05) is 42.4 Å². The molecule has 1 N–H and O–H groups in total. The largest absolute Gasteiger partial charge is 0.463 e. The van der Waals surface area contributed by atoms with Gasteiger partial charge in [-0.3, -0.25) is 14.8 Å². The van der Waals surface area contributed by atoms with Crippen LogP contribution in [0.3, 0.4) is 0 Å². The maximum Gasteiger partial charge on any atom is 0.345 e. The molecule has 0 bridgehead atoms. The number of aryl methyl sites for hydroxylation is 1. The highest BCUT2D eigenvalue weighted by atomic mass is 32.1. The Bertz CT molecular complexity index is 1600. The van der Waals surface area contributed by atoms with Crippen LogP contribution >= 0.6 is 11.3 Å². The maximum absolute atomic E-state index is 15.8. The van der Waals surface area contributed by atoms with E-state index in [1.54, 1.807) is 45.6 Å². The number of amidine groups is 1. The summed E-state index contributed by atoms with van der Waals surface area (Å²) >= 11 is 1.32. The van der Waals surface area contributed by atoms with Crippen LogP contribution in [0.15, 0.2) is 39.8 Å². The van der Waals surface area contributed by atoms with Crippen LogP contribution < -0.4 is 5.32 Å². The van der Waals surface area contributed by atoms with Crippen LogP contribution in [-0.4, -0.2) is 94.6 Å². The third kappa shape index (κ3) is 7.24. The molecule has 0 amide bonds.